The highest BCUT2D eigenvalue weighted by Gasteiger charge is 2.22. The molecular formula is C12H20N2O. The summed E-state index contributed by atoms with van der Waals surface area (Å²) in [5.41, 5.74) is 7.82. The fourth-order valence-electron chi connectivity index (χ4n) is 1.85. The Morgan fingerprint density at radius 2 is 2.00 bits per heavy atom. The van der Waals surface area contributed by atoms with Crippen LogP contribution in [0.4, 0.5) is 5.82 Å². The van der Waals surface area contributed by atoms with Gasteiger partial charge in [0, 0.05) is 17.3 Å². The maximum absolute atomic E-state index is 5.71. The normalized spacial score (nSPS) is 11.5. The first-order valence-corrected chi connectivity index (χ1v) is 5.26. The summed E-state index contributed by atoms with van der Waals surface area (Å²) in [6.07, 6.45) is 0. The minimum Gasteiger partial charge on any atom is -0.493 e. The van der Waals surface area contributed by atoms with Gasteiger partial charge in [-0.25, -0.2) is 4.98 Å². The standard InChI is InChI=1S/C12H20N2O/c1-6-15-9-7-10(13)14-8(2)11(9)12(3,4)5/h7H,6H2,1-5H3,(H2,13,14). The Kier molecular flexibility index (Phi) is 3.22. The van der Waals surface area contributed by atoms with Crippen LogP contribution in [0.1, 0.15) is 39.0 Å². The Hall–Kier alpha value is -1.25. The van der Waals surface area contributed by atoms with E-state index in [0.29, 0.717) is 12.4 Å². The summed E-state index contributed by atoms with van der Waals surface area (Å²) in [7, 11) is 0. The van der Waals surface area contributed by atoms with E-state index in [0.717, 1.165) is 17.0 Å². The van der Waals surface area contributed by atoms with Crippen molar-refractivity contribution >= 4 is 5.82 Å². The summed E-state index contributed by atoms with van der Waals surface area (Å²) in [5.74, 6) is 1.37. The van der Waals surface area contributed by atoms with Crippen molar-refractivity contribution in [3.8, 4) is 5.75 Å². The monoisotopic (exact) mass is 208 g/mol. The molecule has 0 fully saturated rings. The molecule has 0 unspecified atom stereocenters. The van der Waals surface area contributed by atoms with E-state index >= 15 is 0 Å². The first kappa shape index (κ1) is 11.8. The molecule has 1 aromatic heterocycles. The molecule has 15 heavy (non-hydrogen) atoms. The molecule has 0 bridgehead atoms. The number of ether oxygens (including phenoxy) is 1. The number of anilines is 1. The Balaban J connectivity index is 3.33. The number of nitrogen functional groups attached to an aromatic ring is 1. The molecule has 0 aromatic carbocycles. The van der Waals surface area contributed by atoms with Crippen molar-refractivity contribution < 1.29 is 4.74 Å². The Morgan fingerprint density at radius 3 is 2.47 bits per heavy atom. The Bertz CT molecular complexity index is 353. The van der Waals surface area contributed by atoms with Gasteiger partial charge in [-0.15, -0.1) is 0 Å². The van der Waals surface area contributed by atoms with E-state index in [1.54, 1.807) is 6.07 Å². The minimum atomic E-state index is 0.0231. The summed E-state index contributed by atoms with van der Waals surface area (Å²) in [6.45, 7) is 11.0. The van der Waals surface area contributed by atoms with Crippen LogP contribution in [0.3, 0.4) is 0 Å². The van der Waals surface area contributed by atoms with E-state index < -0.39 is 0 Å². The molecular weight excluding hydrogens is 188 g/mol. The van der Waals surface area contributed by atoms with Crippen LogP contribution in [-0.4, -0.2) is 11.6 Å². The number of nitrogens with two attached hydrogens (primary N) is 1. The van der Waals surface area contributed by atoms with Crippen molar-refractivity contribution in [2.24, 2.45) is 0 Å². The number of rotatable bonds is 2. The number of hydrogen-bond acceptors (Lipinski definition) is 3. The fourth-order valence-corrected chi connectivity index (χ4v) is 1.85. The second-order valence-corrected chi connectivity index (χ2v) is 4.69. The SMILES string of the molecule is CCOc1cc(N)nc(C)c1C(C)(C)C. The second-order valence-electron chi connectivity index (χ2n) is 4.69. The minimum absolute atomic E-state index is 0.0231. The zero-order chi connectivity index (χ0) is 11.6. The summed E-state index contributed by atoms with van der Waals surface area (Å²) in [6, 6.07) is 1.80. The predicted octanol–water partition coefficient (Wildman–Crippen LogP) is 2.67. The molecule has 0 aliphatic carbocycles. The van der Waals surface area contributed by atoms with Crippen LogP contribution >= 0.6 is 0 Å². The average molecular weight is 208 g/mol. The molecule has 0 amide bonds. The maximum atomic E-state index is 5.71. The van der Waals surface area contributed by atoms with Gasteiger partial charge in [0.1, 0.15) is 11.6 Å². The van der Waals surface area contributed by atoms with Crippen LogP contribution in [0, 0.1) is 6.92 Å². The highest BCUT2D eigenvalue weighted by atomic mass is 16.5. The molecule has 84 valence electrons. The van der Waals surface area contributed by atoms with Gasteiger partial charge < -0.3 is 10.5 Å². The molecule has 1 aromatic rings. The molecule has 0 spiro atoms. The zero-order valence-electron chi connectivity index (χ0n) is 10.2. The van der Waals surface area contributed by atoms with E-state index in [2.05, 4.69) is 25.8 Å². The smallest absolute Gasteiger partial charge is 0.128 e. The van der Waals surface area contributed by atoms with Gasteiger partial charge in [-0.3, -0.25) is 0 Å². The van der Waals surface area contributed by atoms with Crippen LogP contribution in [0.25, 0.3) is 0 Å². The Labute approximate surface area is 91.7 Å². The van der Waals surface area contributed by atoms with Gasteiger partial charge in [0.25, 0.3) is 0 Å². The molecule has 2 N–H and O–H groups in total. The van der Waals surface area contributed by atoms with Gasteiger partial charge >= 0.3 is 0 Å². The van der Waals surface area contributed by atoms with Crippen molar-refractivity contribution in [2.75, 3.05) is 12.3 Å². The molecule has 3 nitrogen and oxygen atoms in total. The number of pyridine rings is 1. The molecule has 0 atom stereocenters. The summed E-state index contributed by atoms with van der Waals surface area (Å²) < 4.78 is 5.61. The van der Waals surface area contributed by atoms with Gasteiger partial charge in [-0.05, 0) is 19.3 Å². The fraction of sp³-hybridized carbons (Fsp3) is 0.583. The van der Waals surface area contributed by atoms with Crippen LogP contribution in [-0.2, 0) is 5.41 Å². The van der Waals surface area contributed by atoms with E-state index in [1.165, 1.54) is 0 Å². The number of hydrogen-bond donors (Lipinski definition) is 1. The van der Waals surface area contributed by atoms with Crippen molar-refractivity contribution in [3.63, 3.8) is 0 Å². The maximum Gasteiger partial charge on any atom is 0.128 e. The highest BCUT2D eigenvalue weighted by molar-refractivity contribution is 5.48. The second kappa shape index (κ2) is 4.09. The molecule has 0 saturated carbocycles. The third kappa shape index (κ3) is 2.61. The molecule has 3 heteroatoms. The lowest BCUT2D eigenvalue weighted by atomic mass is 9.85. The molecule has 0 radical (unpaired) electrons. The van der Waals surface area contributed by atoms with Gasteiger partial charge in [-0.1, -0.05) is 20.8 Å². The van der Waals surface area contributed by atoms with Crippen molar-refractivity contribution in [2.45, 2.75) is 40.0 Å². The third-order valence-corrected chi connectivity index (χ3v) is 2.23. The lowest BCUT2D eigenvalue weighted by Crippen LogP contribution is -2.17. The lowest BCUT2D eigenvalue weighted by molar-refractivity contribution is 0.329. The molecule has 0 saturated heterocycles. The summed E-state index contributed by atoms with van der Waals surface area (Å²) >= 11 is 0. The van der Waals surface area contributed by atoms with Gasteiger partial charge in [0.15, 0.2) is 0 Å². The van der Waals surface area contributed by atoms with E-state index in [-0.39, 0.29) is 5.41 Å². The van der Waals surface area contributed by atoms with Crippen LogP contribution < -0.4 is 10.5 Å². The van der Waals surface area contributed by atoms with Crippen molar-refractivity contribution in [1.29, 1.82) is 0 Å². The number of aryl methyl sites for hydroxylation is 1. The van der Waals surface area contributed by atoms with Gasteiger partial charge in [-0.2, -0.15) is 0 Å². The first-order chi connectivity index (χ1) is 6.86. The highest BCUT2D eigenvalue weighted by Crippen LogP contribution is 2.34. The van der Waals surface area contributed by atoms with E-state index in [4.69, 9.17) is 10.5 Å². The van der Waals surface area contributed by atoms with E-state index in [1.807, 2.05) is 13.8 Å². The zero-order valence-corrected chi connectivity index (χ0v) is 10.2. The molecule has 0 aliphatic heterocycles. The first-order valence-electron chi connectivity index (χ1n) is 5.26. The summed E-state index contributed by atoms with van der Waals surface area (Å²) in [4.78, 5) is 4.28. The average Bonchev–Trinajstić information content (AvgIpc) is 1.99. The molecule has 0 aliphatic rings. The van der Waals surface area contributed by atoms with Crippen LogP contribution in [0.5, 0.6) is 5.75 Å². The third-order valence-electron chi connectivity index (χ3n) is 2.23. The number of nitrogens with zero attached hydrogens (tertiary/aromatic N) is 1. The van der Waals surface area contributed by atoms with Crippen LogP contribution in [0.15, 0.2) is 6.07 Å². The largest absolute Gasteiger partial charge is 0.493 e. The predicted molar refractivity (Wildman–Crippen MR) is 63.3 cm³/mol. The quantitative estimate of drug-likeness (QED) is 0.812. The molecule has 1 heterocycles. The van der Waals surface area contributed by atoms with Gasteiger partial charge in [0.2, 0.25) is 0 Å². The van der Waals surface area contributed by atoms with Crippen molar-refractivity contribution in [3.05, 3.63) is 17.3 Å². The topological polar surface area (TPSA) is 48.1 Å². The lowest BCUT2D eigenvalue weighted by Gasteiger charge is -2.24. The molecule has 1 rings (SSSR count). The summed E-state index contributed by atoms with van der Waals surface area (Å²) in [5, 5.41) is 0. The van der Waals surface area contributed by atoms with Gasteiger partial charge in [0.05, 0.1) is 6.61 Å². The Morgan fingerprint density at radius 1 is 1.40 bits per heavy atom. The van der Waals surface area contributed by atoms with Crippen molar-refractivity contribution in [1.82, 2.24) is 4.98 Å². The van der Waals surface area contributed by atoms with E-state index in [9.17, 15) is 0 Å². The van der Waals surface area contributed by atoms with Crippen LogP contribution in [0.2, 0.25) is 0 Å². The number of aromatic nitrogens is 1.